The van der Waals surface area contributed by atoms with Gasteiger partial charge in [0, 0.05) is 31.1 Å². The molecule has 0 saturated heterocycles. The van der Waals surface area contributed by atoms with E-state index >= 15 is 0 Å². The van der Waals surface area contributed by atoms with Crippen molar-refractivity contribution in [2.45, 2.75) is 75.3 Å². The van der Waals surface area contributed by atoms with Crippen molar-refractivity contribution in [3.63, 3.8) is 0 Å². The Labute approximate surface area is 257 Å². The van der Waals surface area contributed by atoms with Gasteiger partial charge in [-0.05, 0) is 50.2 Å². The number of nitrogens with zero attached hydrogens (tertiary/aromatic N) is 4. The van der Waals surface area contributed by atoms with Crippen LogP contribution in [-0.2, 0) is 4.79 Å². The molecule has 1 amide bonds. The van der Waals surface area contributed by atoms with Crippen LogP contribution in [0.5, 0.6) is 0 Å². The Hall–Kier alpha value is -4.06. The van der Waals surface area contributed by atoms with Crippen molar-refractivity contribution in [3.05, 3.63) is 78.1 Å². The summed E-state index contributed by atoms with van der Waals surface area (Å²) in [4.78, 5) is 27.1. The van der Waals surface area contributed by atoms with Gasteiger partial charge >= 0.3 is 0 Å². The van der Waals surface area contributed by atoms with Crippen LogP contribution in [0.25, 0.3) is 11.2 Å². The van der Waals surface area contributed by atoms with Gasteiger partial charge in [0.1, 0.15) is 6.10 Å². The average molecular weight is 599 g/mol. The number of nitrogens with one attached hydrogen (secondary N) is 3. The molecule has 0 radical (unpaired) electrons. The molecule has 2 heterocycles. The molecular formula is C33H42N8O3. The molecule has 0 unspecified atom stereocenters. The van der Waals surface area contributed by atoms with Crippen molar-refractivity contribution in [2.75, 3.05) is 23.7 Å². The van der Waals surface area contributed by atoms with Crippen LogP contribution in [0.1, 0.15) is 62.1 Å². The molecule has 2 fully saturated rings. The normalized spacial score (nSPS) is 25.3. The van der Waals surface area contributed by atoms with Crippen molar-refractivity contribution in [1.82, 2.24) is 24.8 Å². The highest BCUT2D eigenvalue weighted by atomic mass is 16.3. The van der Waals surface area contributed by atoms with Crippen LogP contribution >= 0.6 is 0 Å². The van der Waals surface area contributed by atoms with Gasteiger partial charge in [-0.1, -0.05) is 60.7 Å². The van der Waals surface area contributed by atoms with Crippen LogP contribution in [0, 0.1) is 5.92 Å². The van der Waals surface area contributed by atoms with E-state index in [1.54, 1.807) is 10.9 Å². The number of hydrogen-bond acceptors (Lipinski definition) is 9. The summed E-state index contributed by atoms with van der Waals surface area (Å²) in [5.74, 6) is 0.105. The summed E-state index contributed by atoms with van der Waals surface area (Å²) < 4.78 is 1.78. The van der Waals surface area contributed by atoms with E-state index in [9.17, 15) is 15.0 Å². The van der Waals surface area contributed by atoms with Gasteiger partial charge in [0.15, 0.2) is 17.0 Å². The van der Waals surface area contributed by atoms with E-state index < -0.39 is 24.2 Å². The summed E-state index contributed by atoms with van der Waals surface area (Å²) in [6.45, 7) is 2.85. The quantitative estimate of drug-likeness (QED) is 0.161. The van der Waals surface area contributed by atoms with Crippen molar-refractivity contribution in [2.24, 2.45) is 11.7 Å². The van der Waals surface area contributed by atoms with E-state index in [1.807, 2.05) is 43.3 Å². The lowest BCUT2D eigenvalue weighted by atomic mass is 9.91. The largest absolute Gasteiger partial charge is 0.390 e. The van der Waals surface area contributed by atoms with Gasteiger partial charge < -0.3 is 36.5 Å². The molecule has 11 nitrogen and oxygen atoms in total. The highest BCUT2D eigenvalue weighted by Gasteiger charge is 2.46. The fourth-order valence-corrected chi connectivity index (χ4v) is 6.64. The number of amides is 1. The van der Waals surface area contributed by atoms with Gasteiger partial charge in [-0.3, -0.25) is 4.79 Å². The third kappa shape index (κ3) is 6.26. The Morgan fingerprint density at radius 3 is 2.27 bits per heavy atom. The van der Waals surface area contributed by atoms with Crippen molar-refractivity contribution < 1.29 is 15.0 Å². The summed E-state index contributed by atoms with van der Waals surface area (Å²) in [5, 5.41) is 31.7. The predicted molar refractivity (Wildman–Crippen MR) is 170 cm³/mol. The molecule has 11 heteroatoms. The van der Waals surface area contributed by atoms with Gasteiger partial charge in [-0.15, -0.1) is 0 Å². The van der Waals surface area contributed by atoms with E-state index in [-0.39, 0.29) is 30.3 Å². The van der Waals surface area contributed by atoms with E-state index in [4.69, 9.17) is 15.7 Å². The van der Waals surface area contributed by atoms with Crippen LogP contribution in [0.3, 0.4) is 0 Å². The van der Waals surface area contributed by atoms with Crippen LogP contribution < -0.4 is 21.7 Å². The molecule has 2 aromatic heterocycles. The highest BCUT2D eigenvalue weighted by molar-refractivity contribution is 5.85. The zero-order chi connectivity index (χ0) is 30.6. The first-order valence-corrected chi connectivity index (χ1v) is 15.7. The summed E-state index contributed by atoms with van der Waals surface area (Å²) in [6, 6.07) is 20.6. The molecule has 6 rings (SSSR count). The molecule has 232 valence electrons. The van der Waals surface area contributed by atoms with Gasteiger partial charge in [0.2, 0.25) is 11.9 Å². The minimum Gasteiger partial charge on any atom is -0.390 e. The van der Waals surface area contributed by atoms with Gasteiger partial charge in [0.05, 0.1) is 24.4 Å². The average Bonchev–Trinajstić information content (AvgIpc) is 3.59. The van der Waals surface area contributed by atoms with E-state index in [0.717, 1.165) is 25.7 Å². The number of aliphatic hydroxyl groups excluding tert-OH is 2. The Kier molecular flexibility index (Phi) is 9.06. The van der Waals surface area contributed by atoms with Crippen molar-refractivity contribution in [1.29, 1.82) is 0 Å². The number of carbonyl (C=O) groups is 1. The number of hydrogen-bond donors (Lipinski definition) is 6. The molecule has 0 spiro atoms. The zero-order valence-corrected chi connectivity index (χ0v) is 25.0. The molecule has 44 heavy (non-hydrogen) atoms. The van der Waals surface area contributed by atoms with Crippen LogP contribution in [0.15, 0.2) is 67.0 Å². The van der Waals surface area contributed by atoms with Crippen LogP contribution in [-0.4, -0.2) is 73.0 Å². The second-order valence-corrected chi connectivity index (χ2v) is 12.0. The zero-order valence-electron chi connectivity index (χ0n) is 25.0. The number of aromatic nitrogens is 4. The molecule has 0 aliphatic heterocycles. The molecule has 2 saturated carbocycles. The maximum absolute atomic E-state index is 12.7. The first-order chi connectivity index (χ1) is 21.4. The molecule has 4 aromatic rings. The molecule has 7 N–H and O–H groups in total. The number of nitrogens with two attached hydrogens (primary N) is 1. The Morgan fingerprint density at radius 1 is 0.977 bits per heavy atom. The Balaban J connectivity index is 1.34. The fraction of sp³-hybridized carbons (Fsp3) is 0.455. The maximum atomic E-state index is 12.7. The SMILES string of the molecule is CCNC(=O)[C@H]1C[C@@H](n2cnc3c(NCC(c4ccccc4)c4ccccc4)nc(NC4CCC(N)CC4)nc32)[C@H](O)[C@@H]1O. The number of benzene rings is 2. The van der Waals surface area contributed by atoms with E-state index in [0.29, 0.717) is 36.0 Å². The van der Waals surface area contributed by atoms with E-state index in [2.05, 4.69) is 45.2 Å². The number of carbonyl (C=O) groups excluding carboxylic acids is 1. The summed E-state index contributed by atoms with van der Waals surface area (Å²) in [7, 11) is 0. The smallest absolute Gasteiger partial charge is 0.227 e. The summed E-state index contributed by atoms with van der Waals surface area (Å²) >= 11 is 0. The van der Waals surface area contributed by atoms with Gasteiger partial charge in [0.25, 0.3) is 0 Å². The first-order valence-electron chi connectivity index (χ1n) is 15.7. The number of rotatable bonds is 10. The lowest BCUT2D eigenvalue weighted by molar-refractivity contribution is -0.128. The second-order valence-electron chi connectivity index (χ2n) is 12.0. The van der Waals surface area contributed by atoms with Crippen molar-refractivity contribution in [3.8, 4) is 0 Å². The Morgan fingerprint density at radius 2 is 1.64 bits per heavy atom. The molecule has 2 aliphatic carbocycles. The van der Waals surface area contributed by atoms with E-state index in [1.165, 1.54) is 11.1 Å². The second kappa shape index (κ2) is 13.3. The monoisotopic (exact) mass is 598 g/mol. The first kappa shape index (κ1) is 30.0. The molecule has 2 aromatic carbocycles. The maximum Gasteiger partial charge on any atom is 0.227 e. The number of aliphatic hydroxyl groups is 2. The molecule has 2 aliphatic rings. The summed E-state index contributed by atoms with van der Waals surface area (Å²) in [5.41, 5.74) is 9.60. The fourth-order valence-electron chi connectivity index (χ4n) is 6.64. The lowest BCUT2D eigenvalue weighted by Gasteiger charge is -2.27. The topological polar surface area (TPSA) is 163 Å². The number of anilines is 2. The third-order valence-electron chi connectivity index (χ3n) is 9.10. The minimum atomic E-state index is -1.19. The Bertz CT molecular complexity index is 1500. The standard InChI is InChI=1S/C33H42N8O3/c1-2-35-32(44)24-17-26(29(43)28(24)42)41-19-37-27-30(39-33(40-31(27)41)38-23-15-13-22(34)14-16-23)36-18-25(20-9-5-3-6-10-20)21-11-7-4-8-12-21/h3-12,19,22-26,28-29,42-43H,2,13-18,34H2,1H3,(H,35,44)(H2,36,38,39,40)/t22?,23?,24-,26+,28+,29-/m0/s1. The number of imidazole rings is 1. The minimum absolute atomic E-state index is 0.0605. The number of fused-ring (bicyclic) bond motifs is 1. The lowest BCUT2D eigenvalue weighted by Crippen LogP contribution is -2.38. The molecule has 0 bridgehead atoms. The van der Waals surface area contributed by atoms with Crippen LogP contribution in [0.2, 0.25) is 0 Å². The predicted octanol–water partition coefficient (Wildman–Crippen LogP) is 3.17. The molecule has 4 atom stereocenters. The van der Waals surface area contributed by atoms with Gasteiger partial charge in [-0.25, -0.2) is 4.98 Å². The van der Waals surface area contributed by atoms with Crippen molar-refractivity contribution >= 4 is 28.8 Å². The highest BCUT2D eigenvalue weighted by Crippen LogP contribution is 2.38. The third-order valence-corrected chi connectivity index (χ3v) is 9.10. The van der Waals surface area contributed by atoms with Gasteiger partial charge in [-0.2, -0.15) is 9.97 Å². The molecular weight excluding hydrogens is 556 g/mol. The van der Waals surface area contributed by atoms with Crippen LogP contribution in [0.4, 0.5) is 11.8 Å². The summed E-state index contributed by atoms with van der Waals surface area (Å²) in [6.07, 6.45) is 3.28.